The molecule has 2 amide bonds. The van der Waals surface area contributed by atoms with E-state index in [1.54, 1.807) is 6.92 Å². The molecule has 0 aliphatic heterocycles. The number of rotatable bonds is 5. The molecule has 0 saturated carbocycles. The summed E-state index contributed by atoms with van der Waals surface area (Å²) in [6.45, 7) is 4.52. The van der Waals surface area contributed by atoms with Crippen LogP contribution in [0.3, 0.4) is 0 Å². The monoisotopic (exact) mass is 300 g/mol. The van der Waals surface area contributed by atoms with Gasteiger partial charge in [-0.2, -0.15) is 0 Å². The van der Waals surface area contributed by atoms with Crippen molar-refractivity contribution in [2.75, 3.05) is 5.32 Å². The number of aryl methyl sites for hydroxylation is 1. The van der Waals surface area contributed by atoms with E-state index in [1.165, 1.54) is 13.8 Å². The fraction of sp³-hybridized carbons (Fsp3) is 0.429. The maximum absolute atomic E-state index is 13.6. The average Bonchev–Trinajstić information content (AvgIpc) is 2.35. The second-order valence-electron chi connectivity index (χ2n) is 5.05. The number of urea groups is 1. The van der Waals surface area contributed by atoms with E-state index in [9.17, 15) is 18.4 Å². The number of aliphatic carboxylic acids is 1. The first-order valence-electron chi connectivity index (χ1n) is 6.48. The highest BCUT2D eigenvalue weighted by atomic mass is 19.1. The number of benzene rings is 1. The largest absolute Gasteiger partial charge is 0.480 e. The number of carboxylic acid groups (broad SMARTS) is 1. The highest BCUT2D eigenvalue weighted by Crippen LogP contribution is 2.19. The molecule has 3 N–H and O–H groups in total. The molecule has 1 atom stereocenters. The second-order valence-corrected chi connectivity index (χ2v) is 5.05. The molecule has 116 valence electrons. The number of carbonyl (C=O) groups excluding carboxylic acids is 1. The number of hydrogen-bond donors (Lipinski definition) is 3. The summed E-state index contributed by atoms with van der Waals surface area (Å²) in [5.74, 6) is -2.66. The van der Waals surface area contributed by atoms with Crippen LogP contribution in [0.1, 0.15) is 32.3 Å². The Morgan fingerprint density at radius 1 is 1.29 bits per heavy atom. The molecule has 1 unspecified atom stereocenters. The molecule has 0 aliphatic rings. The Labute approximate surface area is 121 Å². The van der Waals surface area contributed by atoms with Crippen LogP contribution in [0.25, 0.3) is 0 Å². The van der Waals surface area contributed by atoms with Gasteiger partial charge in [0.1, 0.15) is 17.2 Å². The molecular formula is C14H18F2N2O3. The fourth-order valence-electron chi connectivity index (χ4n) is 1.87. The van der Waals surface area contributed by atoms with Crippen molar-refractivity contribution in [3.05, 3.63) is 29.3 Å². The van der Waals surface area contributed by atoms with Gasteiger partial charge in [-0.15, -0.1) is 0 Å². The molecule has 0 saturated heterocycles. The molecule has 1 rings (SSSR count). The van der Waals surface area contributed by atoms with E-state index in [-0.39, 0.29) is 17.7 Å². The summed E-state index contributed by atoms with van der Waals surface area (Å²) in [6.07, 6.45) is 0.747. The molecule has 5 nitrogen and oxygen atoms in total. The third kappa shape index (κ3) is 4.14. The molecule has 7 heteroatoms. The number of halogens is 2. The lowest BCUT2D eigenvalue weighted by atomic mass is 9.97. The minimum Gasteiger partial charge on any atom is -0.480 e. The zero-order chi connectivity index (χ0) is 16.2. The van der Waals surface area contributed by atoms with Crippen LogP contribution in [0.15, 0.2) is 12.1 Å². The quantitative estimate of drug-likeness (QED) is 0.782. The molecule has 1 aromatic carbocycles. The van der Waals surface area contributed by atoms with Crippen molar-refractivity contribution in [3.8, 4) is 0 Å². The molecule has 1 aromatic rings. The number of anilines is 1. The summed E-state index contributed by atoms with van der Waals surface area (Å²) >= 11 is 0. The van der Waals surface area contributed by atoms with Crippen LogP contribution >= 0.6 is 0 Å². The third-order valence-corrected chi connectivity index (χ3v) is 3.11. The number of hydrogen-bond acceptors (Lipinski definition) is 2. The van der Waals surface area contributed by atoms with E-state index in [0.717, 1.165) is 12.1 Å². The minimum atomic E-state index is -1.47. The van der Waals surface area contributed by atoms with Crippen molar-refractivity contribution in [1.82, 2.24) is 5.32 Å². The molecule has 0 bridgehead atoms. The van der Waals surface area contributed by atoms with Gasteiger partial charge in [0.15, 0.2) is 0 Å². The minimum absolute atomic E-state index is 0.111. The molecule has 0 fully saturated rings. The molecule has 0 aliphatic carbocycles. The Morgan fingerprint density at radius 2 is 1.90 bits per heavy atom. The molecule has 0 aromatic heterocycles. The first-order valence-corrected chi connectivity index (χ1v) is 6.48. The van der Waals surface area contributed by atoms with E-state index >= 15 is 0 Å². The summed E-state index contributed by atoms with van der Waals surface area (Å²) in [5, 5.41) is 13.5. The van der Waals surface area contributed by atoms with E-state index in [0.29, 0.717) is 6.42 Å². The zero-order valence-electron chi connectivity index (χ0n) is 12.1. The average molecular weight is 300 g/mol. The maximum Gasteiger partial charge on any atom is 0.329 e. The lowest BCUT2D eigenvalue weighted by Crippen LogP contribution is -2.53. The molecule has 0 heterocycles. The second kappa shape index (κ2) is 6.51. The predicted molar refractivity (Wildman–Crippen MR) is 74.2 cm³/mol. The fourth-order valence-corrected chi connectivity index (χ4v) is 1.87. The first kappa shape index (κ1) is 16.9. The Hall–Kier alpha value is -2.18. The van der Waals surface area contributed by atoms with Gasteiger partial charge in [-0.25, -0.2) is 18.4 Å². The van der Waals surface area contributed by atoms with Gasteiger partial charge in [0.05, 0.1) is 5.69 Å². The van der Waals surface area contributed by atoms with Gasteiger partial charge in [0, 0.05) is 6.07 Å². The van der Waals surface area contributed by atoms with E-state index in [4.69, 9.17) is 5.11 Å². The van der Waals surface area contributed by atoms with Gasteiger partial charge in [-0.05, 0) is 31.9 Å². The van der Waals surface area contributed by atoms with Crippen molar-refractivity contribution in [2.45, 2.75) is 39.2 Å². The SMILES string of the molecule is CCCC(C)(NC(=O)Nc1cc(F)c(C)cc1F)C(=O)O. The summed E-state index contributed by atoms with van der Waals surface area (Å²) in [7, 11) is 0. The summed E-state index contributed by atoms with van der Waals surface area (Å²) < 4.78 is 27.0. The van der Waals surface area contributed by atoms with Crippen LogP contribution in [0.2, 0.25) is 0 Å². The van der Waals surface area contributed by atoms with Crippen molar-refractivity contribution >= 4 is 17.7 Å². The molecule has 21 heavy (non-hydrogen) atoms. The van der Waals surface area contributed by atoms with Crippen LogP contribution < -0.4 is 10.6 Å². The van der Waals surface area contributed by atoms with Gasteiger partial charge in [0.25, 0.3) is 0 Å². The van der Waals surface area contributed by atoms with Gasteiger partial charge in [-0.1, -0.05) is 13.3 Å². The Bertz CT molecular complexity index is 563. The van der Waals surface area contributed by atoms with Crippen molar-refractivity contribution in [3.63, 3.8) is 0 Å². The smallest absolute Gasteiger partial charge is 0.329 e. The van der Waals surface area contributed by atoms with Crippen molar-refractivity contribution < 1.29 is 23.5 Å². The standard InChI is InChI=1S/C14H18F2N2O3/c1-4-5-14(3,12(19)20)18-13(21)17-11-7-9(15)8(2)6-10(11)16/h6-7H,4-5H2,1-3H3,(H,19,20)(H2,17,18,21). The zero-order valence-corrected chi connectivity index (χ0v) is 12.1. The molecule has 0 spiro atoms. The number of carboxylic acids is 1. The maximum atomic E-state index is 13.6. The summed E-state index contributed by atoms with van der Waals surface area (Å²) in [6, 6.07) is 0.894. The van der Waals surface area contributed by atoms with Gasteiger partial charge in [-0.3, -0.25) is 0 Å². The van der Waals surface area contributed by atoms with Gasteiger partial charge in [0.2, 0.25) is 0 Å². The van der Waals surface area contributed by atoms with E-state index < -0.39 is 29.2 Å². The number of carbonyl (C=O) groups is 2. The van der Waals surface area contributed by atoms with E-state index in [2.05, 4.69) is 10.6 Å². The van der Waals surface area contributed by atoms with Crippen LogP contribution in [0, 0.1) is 18.6 Å². The van der Waals surface area contributed by atoms with Crippen LogP contribution in [-0.2, 0) is 4.79 Å². The summed E-state index contributed by atoms with van der Waals surface area (Å²) in [4.78, 5) is 23.0. The van der Waals surface area contributed by atoms with E-state index in [1.807, 2.05) is 0 Å². The third-order valence-electron chi connectivity index (χ3n) is 3.11. The van der Waals surface area contributed by atoms with Crippen LogP contribution in [0.5, 0.6) is 0 Å². The molecule has 0 radical (unpaired) electrons. The highest BCUT2D eigenvalue weighted by Gasteiger charge is 2.34. The Balaban J connectivity index is 2.87. The van der Waals surface area contributed by atoms with Crippen LogP contribution in [-0.4, -0.2) is 22.6 Å². The predicted octanol–water partition coefficient (Wildman–Crippen LogP) is 3.04. The summed E-state index contributed by atoms with van der Waals surface area (Å²) in [5.41, 5.74) is -1.71. The Morgan fingerprint density at radius 3 is 2.43 bits per heavy atom. The normalized spacial score (nSPS) is 13.4. The lowest BCUT2D eigenvalue weighted by molar-refractivity contribution is -0.143. The molecular weight excluding hydrogens is 282 g/mol. The topological polar surface area (TPSA) is 78.4 Å². The number of amides is 2. The van der Waals surface area contributed by atoms with Gasteiger partial charge >= 0.3 is 12.0 Å². The lowest BCUT2D eigenvalue weighted by Gasteiger charge is -2.25. The number of nitrogens with one attached hydrogen (secondary N) is 2. The van der Waals surface area contributed by atoms with Crippen LogP contribution in [0.4, 0.5) is 19.3 Å². The van der Waals surface area contributed by atoms with Crippen molar-refractivity contribution in [2.24, 2.45) is 0 Å². The van der Waals surface area contributed by atoms with Gasteiger partial charge < -0.3 is 15.7 Å². The Kier molecular flexibility index (Phi) is 5.23. The highest BCUT2D eigenvalue weighted by molar-refractivity contribution is 5.93. The van der Waals surface area contributed by atoms with Crippen molar-refractivity contribution in [1.29, 1.82) is 0 Å². The first-order chi connectivity index (χ1) is 9.69.